The first kappa shape index (κ1) is 16.8. The van der Waals surface area contributed by atoms with Crippen LogP contribution in [0.15, 0.2) is 18.2 Å². The number of carbonyl (C=O) groups is 2. The minimum Gasteiger partial charge on any atom is -0.339 e. The van der Waals surface area contributed by atoms with E-state index in [2.05, 4.69) is 0 Å². The van der Waals surface area contributed by atoms with Crippen LogP contribution in [0.4, 0.5) is 5.69 Å². The van der Waals surface area contributed by atoms with Crippen molar-refractivity contribution >= 4 is 39.1 Å². The molecule has 1 fully saturated rings. The van der Waals surface area contributed by atoms with Gasteiger partial charge in [0, 0.05) is 19.5 Å². The molecule has 0 unspecified atom stereocenters. The minimum absolute atomic E-state index is 0.0513. The molecule has 0 radical (unpaired) electrons. The monoisotopic (exact) mass is 344 g/mol. The maximum absolute atomic E-state index is 12.4. The number of hydrogen-bond acceptors (Lipinski definition) is 4. The van der Waals surface area contributed by atoms with Crippen LogP contribution in [0.2, 0.25) is 5.02 Å². The first-order valence-corrected chi connectivity index (χ1v) is 8.95. The third-order valence-corrected chi connectivity index (χ3v) is 5.56. The van der Waals surface area contributed by atoms with E-state index < -0.39 is 15.9 Å². The lowest BCUT2D eigenvalue weighted by molar-refractivity contribution is -0.116. The second-order valence-electron chi connectivity index (χ2n) is 4.87. The second-order valence-corrected chi connectivity index (χ2v) is 7.21. The molecular formula is C14H17ClN2O4S. The van der Waals surface area contributed by atoms with Crippen LogP contribution in [0, 0.1) is 0 Å². The zero-order valence-corrected chi connectivity index (χ0v) is 13.9. The predicted octanol–water partition coefficient (Wildman–Crippen LogP) is 1.89. The molecule has 1 heterocycles. The summed E-state index contributed by atoms with van der Waals surface area (Å²) in [4.78, 5) is 25.8. The number of anilines is 1. The lowest BCUT2D eigenvalue weighted by Crippen LogP contribution is -2.32. The maximum atomic E-state index is 12.4. The summed E-state index contributed by atoms with van der Waals surface area (Å²) < 4.78 is 24.7. The summed E-state index contributed by atoms with van der Waals surface area (Å²) in [5.74, 6) is -1.00. The van der Waals surface area contributed by atoms with Crippen LogP contribution in [0.3, 0.4) is 0 Å². The smallest absolute Gasteiger partial charge is 0.255 e. The summed E-state index contributed by atoms with van der Waals surface area (Å²) in [6.45, 7) is 4.70. The van der Waals surface area contributed by atoms with Gasteiger partial charge in [-0.05, 0) is 32.0 Å². The molecule has 0 aromatic heterocycles. The summed E-state index contributed by atoms with van der Waals surface area (Å²) >= 11 is 6.06. The Morgan fingerprint density at radius 1 is 1.32 bits per heavy atom. The fraction of sp³-hybridized carbons (Fsp3) is 0.429. The predicted molar refractivity (Wildman–Crippen MR) is 84.6 cm³/mol. The molecule has 120 valence electrons. The molecule has 0 atom stereocenters. The van der Waals surface area contributed by atoms with Gasteiger partial charge in [-0.15, -0.1) is 0 Å². The van der Waals surface area contributed by atoms with Crippen LogP contribution in [-0.4, -0.2) is 44.0 Å². The average molecular weight is 345 g/mol. The quantitative estimate of drug-likeness (QED) is 0.836. The van der Waals surface area contributed by atoms with Crippen LogP contribution in [-0.2, 0) is 14.8 Å². The van der Waals surface area contributed by atoms with Crippen molar-refractivity contribution in [2.24, 2.45) is 0 Å². The molecule has 8 heteroatoms. The Labute approximate surface area is 134 Å². The van der Waals surface area contributed by atoms with E-state index in [0.717, 1.165) is 4.31 Å². The van der Waals surface area contributed by atoms with Gasteiger partial charge in [-0.2, -0.15) is 0 Å². The molecule has 1 aliphatic heterocycles. The molecule has 0 N–H and O–H groups in total. The van der Waals surface area contributed by atoms with Crippen molar-refractivity contribution in [2.75, 3.05) is 23.1 Å². The van der Waals surface area contributed by atoms with Crippen molar-refractivity contribution in [3.8, 4) is 0 Å². The van der Waals surface area contributed by atoms with Gasteiger partial charge in [0.05, 0.1) is 22.0 Å². The summed E-state index contributed by atoms with van der Waals surface area (Å²) in [5, 5.41) is 0.227. The Hall–Kier alpha value is -1.60. The van der Waals surface area contributed by atoms with E-state index in [1.165, 1.54) is 18.2 Å². The lowest BCUT2D eigenvalue weighted by Gasteiger charge is -2.21. The van der Waals surface area contributed by atoms with Crippen molar-refractivity contribution in [1.82, 2.24) is 4.90 Å². The Bertz CT molecular complexity index is 714. The van der Waals surface area contributed by atoms with E-state index in [-0.39, 0.29) is 34.4 Å². The van der Waals surface area contributed by atoms with E-state index in [9.17, 15) is 18.0 Å². The number of hydrogen-bond donors (Lipinski definition) is 0. The van der Waals surface area contributed by atoms with Crippen molar-refractivity contribution in [1.29, 1.82) is 0 Å². The average Bonchev–Trinajstić information content (AvgIpc) is 2.74. The molecule has 2 rings (SSSR count). The van der Waals surface area contributed by atoms with Crippen LogP contribution < -0.4 is 4.31 Å². The Kier molecular flexibility index (Phi) is 4.77. The van der Waals surface area contributed by atoms with Gasteiger partial charge < -0.3 is 4.90 Å². The Morgan fingerprint density at radius 2 is 1.95 bits per heavy atom. The Balaban J connectivity index is 2.47. The largest absolute Gasteiger partial charge is 0.339 e. The molecule has 1 aromatic carbocycles. The highest BCUT2D eigenvalue weighted by molar-refractivity contribution is 7.94. The van der Waals surface area contributed by atoms with E-state index in [0.29, 0.717) is 13.1 Å². The van der Waals surface area contributed by atoms with Gasteiger partial charge in [0.25, 0.3) is 5.91 Å². The summed E-state index contributed by atoms with van der Waals surface area (Å²) in [5.41, 5.74) is 0.347. The molecule has 1 aliphatic rings. The van der Waals surface area contributed by atoms with Gasteiger partial charge >= 0.3 is 0 Å². The first-order chi connectivity index (χ1) is 10.3. The van der Waals surface area contributed by atoms with Crippen molar-refractivity contribution in [2.45, 2.75) is 20.3 Å². The highest BCUT2D eigenvalue weighted by Gasteiger charge is 2.36. The van der Waals surface area contributed by atoms with Gasteiger partial charge in [0.15, 0.2) is 0 Å². The molecule has 0 aliphatic carbocycles. The van der Waals surface area contributed by atoms with E-state index in [4.69, 9.17) is 11.6 Å². The molecule has 0 saturated carbocycles. The van der Waals surface area contributed by atoms with Gasteiger partial charge in [-0.1, -0.05) is 11.6 Å². The zero-order chi connectivity index (χ0) is 16.5. The zero-order valence-electron chi connectivity index (χ0n) is 12.4. The molecule has 0 bridgehead atoms. The molecule has 0 spiro atoms. The van der Waals surface area contributed by atoms with Gasteiger partial charge in [0.1, 0.15) is 0 Å². The van der Waals surface area contributed by atoms with Gasteiger partial charge in [-0.25, -0.2) is 12.7 Å². The van der Waals surface area contributed by atoms with Crippen molar-refractivity contribution in [3.05, 3.63) is 28.8 Å². The summed E-state index contributed by atoms with van der Waals surface area (Å²) in [6, 6.07) is 4.24. The first-order valence-electron chi connectivity index (χ1n) is 6.96. The summed E-state index contributed by atoms with van der Waals surface area (Å²) in [7, 11) is -3.66. The normalized spacial score (nSPS) is 16.9. The SMILES string of the molecule is CCN(CC)C(=O)c1cc(N2C(=O)CCS2(=O)=O)ccc1Cl. The fourth-order valence-corrected chi connectivity index (χ4v) is 4.00. The number of halogens is 1. The number of carbonyl (C=O) groups excluding carboxylic acids is 2. The van der Waals surface area contributed by atoms with E-state index in [1.54, 1.807) is 4.90 Å². The van der Waals surface area contributed by atoms with Crippen molar-refractivity contribution < 1.29 is 18.0 Å². The van der Waals surface area contributed by atoms with Crippen LogP contribution >= 0.6 is 11.6 Å². The minimum atomic E-state index is -3.66. The fourth-order valence-electron chi connectivity index (χ4n) is 2.35. The summed E-state index contributed by atoms with van der Waals surface area (Å²) in [6.07, 6.45) is -0.0513. The lowest BCUT2D eigenvalue weighted by atomic mass is 10.1. The standard InChI is InChI=1S/C14H17ClN2O4S/c1-3-16(4-2)14(19)11-9-10(5-6-12(11)15)17-13(18)7-8-22(17,20)21/h5-6,9H,3-4,7-8H2,1-2H3. The second kappa shape index (κ2) is 6.26. The number of nitrogens with zero attached hydrogens (tertiary/aromatic N) is 2. The van der Waals surface area contributed by atoms with Crippen LogP contribution in [0.5, 0.6) is 0 Å². The van der Waals surface area contributed by atoms with Crippen LogP contribution in [0.1, 0.15) is 30.6 Å². The molecule has 2 amide bonds. The molecule has 1 saturated heterocycles. The maximum Gasteiger partial charge on any atom is 0.255 e. The highest BCUT2D eigenvalue weighted by Crippen LogP contribution is 2.29. The van der Waals surface area contributed by atoms with Crippen molar-refractivity contribution in [3.63, 3.8) is 0 Å². The van der Waals surface area contributed by atoms with Gasteiger partial charge in [-0.3, -0.25) is 9.59 Å². The number of rotatable bonds is 4. The number of amides is 2. The molecule has 1 aromatic rings. The molecule has 22 heavy (non-hydrogen) atoms. The number of sulfonamides is 1. The molecule has 6 nitrogen and oxygen atoms in total. The highest BCUT2D eigenvalue weighted by atomic mass is 35.5. The third kappa shape index (κ3) is 2.96. The number of benzene rings is 1. The Morgan fingerprint density at radius 3 is 2.45 bits per heavy atom. The topological polar surface area (TPSA) is 74.8 Å². The third-order valence-electron chi connectivity index (χ3n) is 3.54. The van der Waals surface area contributed by atoms with Gasteiger partial charge in [0.2, 0.25) is 15.9 Å². The molecular weight excluding hydrogens is 328 g/mol. The van der Waals surface area contributed by atoms with E-state index >= 15 is 0 Å². The van der Waals surface area contributed by atoms with Crippen LogP contribution in [0.25, 0.3) is 0 Å². The van der Waals surface area contributed by atoms with E-state index in [1.807, 2.05) is 13.8 Å².